The van der Waals surface area contributed by atoms with Crippen LogP contribution in [0.1, 0.15) is 19.8 Å². The van der Waals surface area contributed by atoms with E-state index < -0.39 is 0 Å². The van der Waals surface area contributed by atoms with E-state index in [1.807, 2.05) is 0 Å². The molecule has 3 rings (SSSR count). The Morgan fingerprint density at radius 3 is 2.18 bits per heavy atom. The predicted octanol–water partition coefficient (Wildman–Crippen LogP) is 0.537. The van der Waals surface area contributed by atoms with E-state index in [1.54, 1.807) is 0 Å². The molecule has 0 saturated carbocycles. The third kappa shape index (κ3) is 0.611. The highest BCUT2D eigenvalue weighted by molar-refractivity contribution is 5.18. The molecule has 3 aliphatic heterocycles. The van der Waals surface area contributed by atoms with Gasteiger partial charge in [0.2, 0.25) is 0 Å². The molecule has 3 fully saturated rings. The number of hydrogen-bond donors (Lipinski definition) is 0. The van der Waals surface area contributed by atoms with Crippen molar-refractivity contribution in [2.45, 2.75) is 37.4 Å². The lowest BCUT2D eigenvalue weighted by atomic mass is 9.64. The van der Waals surface area contributed by atoms with Crippen molar-refractivity contribution in [2.75, 3.05) is 20.1 Å². The second-order valence-corrected chi connectivity index (χ2v) is 4.84. The van der Waals surface area contributed by atoms with Crippen molar-refractivity contribution in [3.8, 4) is 0 Å². The highest BCUT2D eigenvalue weighted by Gasteiger charge is 2.61. The van der Waals surface area contributed by atoms with Crippen LogP contribution in [0.25, 0.3) is 0 Å². The maximum atomic E-state index is 2.74. The van der Waals surface area contributed by atoms with Gasteiger partial charge in [-0.2, -0.15) is 0 Å². The van der Waals surface area contributed by atoms with Gasteiger partial charge in [0.15, 0.2) is 0 Å². The van der Waals surface area contributed by atoms with Gasteiger partial charge >= 0.3 is 0 Å². The molecular formula is C9H16N2. The lowest BCUT2D eigenvalue weighted by Crippen LogP contribution is -2.82. The zero-order valence-corrected chi connectivity index (χ0v) is 7.38. The second kappa shape index (κ2) is 1.64. The average molecular weight is 152 g/mol. The van der Waals surface area contributed by atoms with Gasteiger partial charge in [0.25, 0.3) is 0 Å². The SMILES string of the molecule is CN1C[C@@H]2CC3(C)C[C@H](C1)N23. The first kappa shape index (κ1) is 6.44. The third-order valence-corrected chi connectivity index (χ3v) is 3.81. The van der Waals surface area contributed by atoms with E-state index in [-0.39, 0.29) is 0 Å². The van der Waals surface area contributed by atoms with Crippen LogP contribution in [-0.2, 0) is 0 Å². The summed E-state index contributed by atoms with van der Waals surface area (Å²) in [6, 6.07) is 1.83. The van der Waals surface area contributed by atoms with Gasteiger partial charge in [-0.15, -0.1) is 0 Å². The Kier molecular flexibility index (Phi) is 0.961. The van der Waals surface area contributed by atoms with E-state index in [9.17, 15) is 0 Å². The molecule has 0 bridgehead atoms. The molecule has 11 heavy (non-hydrogen) atoms. The number of nitrogens with zero attached hydrogens (tertiary/aromatic N) is 2. The first-order chi connectivity index (χ1) is 5.19. The van der Waals surface area contributed by atoms with Gasteiger partial charge in [-0.1, -0.05) is 0 Å². The van der Waals surface area contributed by atoms with Crippen LogP contribution in [0.2, 0.25) is 0 Å². The minimum absolute atomic E-state index is 0.649. The van der Waals surface area contributed by atoms with Gasteiger partial charge in [0, 0.05) is 30.7 Å². The largest absolute Gasteiger partial charge is 0.303 e. The molecule has 0 spiro atoms. The highest BCUT2D eigenvalue weighted by Crippen LogP contribution is 2.53. The molecule has 3 saturated heterocycles. The van der Waals surface area contributed by atoms with Gasteiger partial charge in [-0.25, -0.2) is 0 Å². The van der Waals surface area contributed by atoms with Crippen molar-refractivity contribution in [3.05, 3.63) is 0 Å². The Morgan fingerprint density at radius 1 is 1.18 bits per heavy atom. The summed E-state index contributed by atoms with van der Waals surface area (Å²) in [6.45, 7) is 5.05. The van der Waals surface area contributed by atoms with Crippen molar-refractivity contribution >= 4 is 0 Å². The molecule has 0 radical (unpaired) electrons. The molecule has 0 amide bonds. The first-order valence-corrected chi connectivity index (χ1v) is 4.66. The van der Waals surface area contributed by atoms with E-state index >= 15 is 0 Å². The number of piperazine rings is 1. The summed E-state index contributed by atoms with van der Waals surface area (Å²) >= 11 is 0. The van der Waals surface area contributed by atoms with Crippen molar-refractivity contribution in [3.63, 3.8) is 0 Å². The van der Waals surface area contributed by atoms with Crippen LogP contribution in [0.5, 0.6) is 0 Å². The van der Waals surface area contributed by atoms with Gasteiger partial charge in [-0.05, 0) is 26.8 Å². The van der Waals surface area contributed by atoms with Crippen molar-refractivity contribution in [1.82, 2.24) is 9.80 Å². The lowest BCUT2D eigenvalue weighted by molar-refractivity contribution is -0.220. The predicted molar refractivity (Wildman–Crippen MR) is 44.6 cm³/mol. The quantitative estimate of drug-likeness (QED) is 0.500. The van der Waals surface area contributed by atoms with Gasteiger partial charge in [0.05, 0.1) is 0 Å². The number of piperidine rings is 1. The van der Waals surface area contributed by atoms with Crippen LogP contribution in [0.3, 0.4) is 0 Å². The van der Waals surface area contributed by atoms with Crippen molar-refractivity contribution in [1.29, 1.82) is 0 Å². The summed E-state index contributed by atoms with van der Waals surface area (Å²) < 4.78 is 0. The van der Waals surface area contributed by atoms with Gasteiger partial charge < -0.3 is 4.90 Å². The molecule has 3 aliphatic rings. The van der Waals surface area contributed by atoms with Crippen LogP contribution in [-0.4, -0.2) is 47.6 Å². The minimum Gasteiger partial charge on any atom is -0.303 e. The standard InChI is InChI=1S/C9H16N2/c1-9-3-7-5-10(2)6-8(4-9)11(7)9/h7-8H,3-6H2,1-2H3/t7-,8+,9?. The summed E-state index contributed by atoms with van der Waals surface area (Å²) in [7, 11) is 2.26. The summed E-state index contributed by atoms with van der Waals surface area (Å²) in [4.78, 5) is 5.23. The molecule has 2 heteroatoms. The Balaban J connectivity index is 1.82. The molecule has 62 valence electrons. The Labute approximate surface area is 68.2 Å². The molecular weight excluding hydrogens is 136 g/mol. The Hall–Kier alpha value is -0.0800. The van der Waals surface area contributed by atoms with Gasteiger partial charge in [-0.3, -0.25) is 4.90 Å². The number of likely N-dealkylation sites (tertiary alicyclic amines) is 1. The van der Waals surface area contributed by atoms with Crippen LogP contribution in [0.15, 0.2) is 0 Å². The van der Waals surface area contributed by atoms with Crippen LogP contribution >= 0.6 is 0 Å². The fourth-order valence-corrected chi connectivity index (χ4v) is 3.56. The molecule has 2 nitrogen and oxygen atoms in total. The van der Waals surface area contributed by atoms with Crippen molar-refractivity contribution in [2.24, 2.45) is 0 Å². The molecule has 3 atom stereocenters. The average Bonchev–Trinajstić information content (AvgIpc) is 1.81. The lowest BCUT2D eigenvalue weighted by Gasteiger charge is -2.72. The molecule has 0 aromatic rings. The third-order valence-electron chi connectivity index (χ3n) is 3.81. The van der Waals surface area contributed by atoms with Crippen LogP contribution in [0, 0.1) is 0 Å². The minimum atomic E-state index is 0.649. The van der Waals surface area contributed by atoms with Gasteiger partial charge in [0.1, 0.15) is 0 Å². The number of hydrogen-bond acceptors (Lipinski definition) is 2. The van der Waals surface area contributed by atoms with E-state index in [0.717, 1.165) is 12.1 Å². The summed E-state index contributed by atoms with van der Waals surface area (Å²) in [5.41, 5.74) is 0.649. The summed E-state index contributed by atoms with van der Waals surface area (Å²) in [5.74, 6) is 0. The zero-order valence-electron chi connectivity index (χ0n) is 7.38. The zero-order chi connectivity index (χ0) is 7.64. The highest BCUT2D eigenvalue weighted by atomic mass is 15.4. The Bertz CT molecular complexity index is 182. The maximum Gasteiger partial charge on any atom is 0.0249 e. The molecule has 0 aromatic carbocycles. The van der Waals surface area contributed by atoms with E-state index in [0.29, 0.717) is 5.54 Å². The smallest absolute Gasteiger partial charge is 0.0249 e. The van der Waals surface area contributed by atoms with E-state index in [2.05, 4.69) is 23.8 Å². The summed E-state index contributed by atoms with van der Waals surface area (Å²) in [5, 5.41) is 0. The topological polar surface area (TPSA) is 6.48 Å². The molecule has 0 aliphatic carbocycles. The fourth-order valence-electron chi connectivity index (χ4n) is 3.56. The van der Waals surface area contributed by atoms with E-state index in [1.165, 1.54) is 25.9 Å². The second-order valence-electron chi connectivity index (χ2n) is 4.84. The summed E-state index contributed by atoms with van der Waals surface area (Å²) in [6.07, 6.45) is 2.90. The Morgan fingerprint density at radius 2 is 1.73 bits per heavy atom. The first-order valence-electron chi connectivity index (χ1n) is 4.66. The monoisotopic (exact) mass is 152 g/mol. The van der Waals surface area contributed by atoms with Crippen LogP contribution in [0.4, 0.5) is 0 Å². The van der Waals surface area contributed by atoms with Crippen LogP contribution < -0.4 is 0 Å². The molecule has 1 unspecified atom stereocenters. The number of rotatable bonds is 0. The normalized spacial score (nSPS) is 56.2. The molecule has 0 aromatic heterocycles. The van der Waals surface area contributed by atoms with Crippen molar-refractivity contribution < 1.29 is 0 Å². The molecule has 0 N–H and O–H groups in total. The maximum absolute atomic E-state index is 2.74. The fraction of sp³-hybridized carbons (Fsp3) is 1.00. The molecule has 3 heterocycles. The number of likely N-dealkylation sites (N-methyl/N-ethyl adjacent to an activating group) is 1. The van der Waals surface area contributed by atoms with E-state index in [4.69, 9.17) is 0 Å².